The molecule has 1 atom stereocenters. The Morgan fingerprint density at radius 1 is 0.909 bits per heavy atom. The van der Waals surface area contributed by atoms with Crippen LogP contribution in [0.2, 0.25) is 10.0 Å². The Balaban J connectivity index is 1.16. The van der Waals surface area contributed by atoms with Crippen LogP contribution in [0.5, 0.6) is 11.5 Å². The molecule has 5 N–H and O–H groups in total. The van der Waals surface area contributed by atoms with Gasteiger partial charge in [0, 0.05) is 89.4 Å². The molecule has 0 spiro atoms. The number of halogens is 2. The molecule has 1 saturated heterocycles. The second-order valence-electron chi connectivity index (χ2n) is 14.4. The van der Waals surface area contributed by atoms with E-state index in [2.05, 4.69) is 27.9 Å². The Bertz CT molecular complexity index is 2030. The predicted octanol–water partition coefficient (Wildman–Crippen LogP) is 8.40. The molecule has 1 heterocycles. The number of benzene rings is 4. The second-order valence-corrected chi connectivity index (χ2v) is 15.2. The van der Waals surface area contributed by atoms with Crippen molar-refractivity contribution >= 4 is 47.0 Å². The third-order valence-electron chi connectivity index (χ3n) is 10.9. The minimum atomic E-state index is -0.700. The summed E-state index contributed by atoms with van der Waals surface area (Å²) in [7, 11) is 5.37. The van der Waals surface area contributed by atoms with Gasteiger partial charge in [-0.3, -0.25) is 14.5 Å². The lowest BCUT2D eigenvalue weighted by molar-refractivity contribution is -0.143. The summed E-state index contributed by atoms with van der Waals surface area (Å²) in [5, 5.41) is 28.9. The van der Waals surface area contributed by atoms with Gasteiger partial charge < -0.3 is 35.9 Å². The van der Waals surface area contributed by atoms with Gasteiger partial charge in [0.05, 0.1) is 25.2 Å². The highest BCUT2D eigenvalue weighted by Gasteiger charge is 2.28. The summed E-state index contributed by atoms with van der Waals surface area (Å²) in [6.07, 6.45) is 5.83. The van der Waals surface area contributed by atoms with Crippen LogP contribution in [0.25, 0.3) is 22.3 Å². The fourth-order valence-corrected chi connectivity index (χ4v) is 8.37. The van der Waals surface area contributed by atoms with Crippen LogP contribution in [0.15, 0.2) is 66.7 Å². The number of nitrogens with zero attached hydrogens (tertiary/aromatic N) is 1. The zero-order valence-electron chi connectivity index (χ0n) is 31.5. The maximum absolute atomic E-state index is 11.6. The maximum Gasteiger partial charge on any atom is 0.306 e. The fraction of sp³-hybridized carbons (Fsp3) is 0.372. The normalized spacial score (nSPS) is 18.2. The van der Waals surface area contributed by atoms with Crippen LogP contribution in [0.1, 0.15) is 60.8 Å². The molecule has 12 heteroatoms. The average molecular weight is 787 g/mol. The number of carbonyl (C=O) groups is 2. The lowest BCUT2D eigenvalue weighted by atomic mass is 9.85. The number of carboxylic acids is 1. The average Bonchev–Trinajstić information content (AvgIpc) is 3.62. The maximum atomic E-state index is 11.6. The molecule has 2 fully saturated rings. The first kappa shape index (κ1) is 40.1. The highest BCUT2D eigenvalue weighted by atomic mass is 35.5. The molecule has 1 aliphatic heterocycles. The lowest BCUT2D eigenvalue weighted by Crippen LogP contribution is -2.36. The summed E-state index contributed by atoms with van der Waals surface area (Å²) >= 11 is 14.0. The smallest absolute Gasteiger partial charge is 0.306 e. The number of amides is 1. The summed E-state index contributed by atoms with van der Waals surface area (Å²) in [5.41, 5.74) is 7.65. The highest BCUT2D eigenvalue weighted by molar-refractivity contribution is 6.36. The highest BCUT2D eigenvalue weighted by Crippen LogP contribution is 2.40. The van der Waals surface area contributed by atoms with E-state index in [9.17, 15) is 14.7 Å². The van der Waals surface area contributed by atoms with Crippen LogP contribution in [0.3, 0.4) is 0 Å². The van der Waals surface area contributed by atoms with E-state index in [0.29, 0.717) is 67.1 Å². The zero-order valence-corrected chi connectivity index (χ0v) is 33.0. The van der Waals surface area contributed by atoms with Crippen molar-refractivity contribution in [2.24, 2.45) is 5.92 Å². The Labute approximate surface area is 333 Å². The lowest BCUT2D eigenvalue weighted by Gasteiger charge is -2.33. The number of hydrogen-bond acceptors (Lipinski definition) is 8. The SMILES string of the molecule is COc1cc(-c2cccc(-c3cccc(NCc4cc(OC)c(CN(C)C5CCC(C(=O)O)CC5)cc4Cl)c3C=N)c2Cl)ccc1CNCC1CCC(=O)N1. The predicted molar refractivity (Wildman–Crippen MR) is 220 cm³/mol. The summed E-state index contributed by atoms with van der Waals surface area (Å²) in [6.45, 7) is 2.33. The molecule has 6 rings (SSSR count). The molecular weight excluding hydrogens is 737 g/mol. The van der Waals surface area contributed by atoms with Crippen LogP contribution in [-0.4, -0.2) is 68.0 Å². The largest absolute Gasteiger partial charge is 0.496 e. The molecule has 0 radical (unpaired) electrons. The van der Waals surface area contributed by atoms with Crippen molar-refractivity contribution in [1.82, 2.24) is 15.5 Å². The molecule has 1 unspecified atom stereocenters. The molecule has 2 aliphatic rings. The first-order valence-electron chi connectivity index (χ1n) is 18.7. The summed E-state index contributed by atoms with van der Waals surface area (Å²) in [5.74, 6) is 0.625. The molecule has 0 bridgehead atoms. The summed E-state index contributed by atoms with van der Waals surface area (Å²) in [4.78, 5) is 25.2. The van der Waals surface area contributed by atoms with E-state index in [4.69, 9.17) is 38.1 Å². The number of rotatable bonds is 16. The fourth-order valence-electron chi connectivity index (χ4n) is 7.78. The minimum Gasteiger partial charge on any atom is -0.496 e. The van der Waals surface area contributed by atoms with Gasteiger partial charge in [-0.1, -0.05) is 65.7 Å². The summed E-state index contributed by atoms with van der Waals surface area (Å²) < 4.78 is 11.6. The van der Waals surface area contributed by atoms with Crippen LogP contribution >= 0.6 is 23.2 Å². The van der Waals surface area contributed by atoms with Gasteiger partial charge in [-0.05, 0) is 80.1 Å². The number of aliphatic carboxylic acids is 1. The quantitative estimate of drug-likeness (QED) is 0.0715. The molecular formula is C43H49Cl2N5O5. The third kappa shape index (κ3) is 9.44. The molecule has 0 aromatic heterocycles. The number of ether oxygens (including phenoxy) is 2. The minimum absolute atomic E-state index is 0.104. The van der Waals surface area contributed by atoms with Crippen LogP contribution in [0, 0.1) is 11.3 Å². The zero-order chi connectivity index (χ0) is 39.1. The van der Waals surface area contributed by atoms with E-state index >= 15 is 0 Å². The van der Waals surface area contributed by atoms with E-state index in [1.807, 2.05) is 66.7 Å². The molecule has 10 nitrogen and oxygen atoms in total. The van der Waals surface area contributed by atoms with Gasteiger partial charge in [-0.25, -0.2) is 0 Å². The number of carboxylic acid groups (broad SMARTS) is 1. The molecule has 4 aromatic rings. The van der Waals surface area contributed by atoms with Gasteiger partial charge in [0.25, 0.3) is 0 Å². The molecule has 4 aromatic carbocycles. The Morgan fingerprint density at radius 2 is 1.62 bits per heavy atom. The van der Waals surface area contributed by atoms with Crippen molar-refractivity contribution in [2.75, 3.05) is 33.1 Å². The Hall–Kier alpha value is -4.61. The number of anilines is 1. The van der Waals surface area contributed by atoms with Crippen LogP contribution in [-0.2, 0) is 29.2 Å². The third-order valence-corrected chi connectivity index (χ3v) is 11.7. The van der Waals surface area contributed by atoms with E-state index in [1.165, 1.54) is 6.21 Å². The van der Waals surface area contributed by atoms with Crippen molar-refractivity contribution in [3.63, 3.8) is 0 Å². The molecule has 290 valence electrons. The van der Waals surface area contributed by atoms with Crippen molar-refractivity contribution in [3.8, 4) is 33.8 Å². The first-order valence-corrected chi connectivity index (χ1v) is 19.5. The monoisotopic (exact) mass is 785 g/mol. The van der Waals surface area contributed by atoms with Crippen LogP contribution < -0.4 is 25.4 Å². The molecule has 1 amide bonds. The molecule has 1 saturated carbocycles. The van der Waals surface area contributed by atoms with Crippen LogP contribution in [0.4, 0.5) is 5.69 Å². The standard InChI is InChI=1S/C43H49Cl2N5O5/c1-50(32-15-12-26(13-16-32)43(52)53)25-30-18-37(44)29(20-40(30)55-3)23-48-38-9-5-7-34(36(38)21-46)35-8-4-6-33(42(35)45)27-10-11-28(39(19-27)54-2)22-47-24-31-14-17-41(51)49-31/h4-11,18-21,26,31-32,46-48H,12-17,22-25H2,1-3H3,(H,49,51)(H,52,53). The second kappa shape index (κ2) is 18.3. The van der Waals surface area contributed by atoms with E-state index in [-0.39, 0.29) is 17.9 Å². The van der Waals surface area contributed by atoms with E-state index in [1.54, 1.807) is 14.2 Å². The van der Waals surface area contributed by atoms with E-state index < -0.39 is 5.97 Å². The number of nitrogens with one attached hydrogen (secondary N) is 4. The number of carbonyl (C=O) groups excluding carboxylic acids is 1. The van der Waals surface area contributed by atoms with Gasteiger partial charge in [0.15, 0.2) is 0 Å². The van der Waals surface area contributed by atoms with Gasteiger partial charge >= 0.3 is 5.97 Å². The number of hydrogen-bond donors (Lipinski definition) is 5. The van der Waals surface area contributed by atoms with Crippen molar-refractivity contribution in [3.05, 3.63) is 99.0 Å². The van der Waals surface area contributed by atoms with Gasteiger partial charge in [-0.15, -0.1) is 0 Å². The van der Waals surface area contributed by atoms with Crippen molar-refractivity contribution < 1.29 is 24.2 Å². The molecule has 1 aliphatic carbocycles. The first-order chi connectivity index (χ1) is 26.6. The van der Waals surface area contributed by atoms with Gasteiger partial charge in [-0.2, -0.15) is 0 Å². The van der Waals surface area contributed by atoms with Gasteiger partial charge in [0.1, 0.15) is 11.5 Å². The molecule has 55 heavy (non-hydrogen) atoms. The van der Waals surface area contributed by atoms with Gasteiger partial charge in [0.2, 0.25) is 5.91 Å². The summed E-state index contributed by atoms with van der Waals surface area (Å²) in [6, 6.07) is 22.2. The van der Waals surface area contributed by atoms with Crippen molar-refractivity contribution in [1.29, 1.82) is 5.41 Å². The van der Waals surface area contributed by atoms with Crippen molar-refractivity contribution in [2.45, 2.75) is 70.2 Å². The Kier molecular flexibility index (Phi) is 13.4. The topological polar surface area (TPSA) is 136 Å². The Morgan fingerprint density at radius 3 is 2.31 bits per heavy atom. The number of methoxy groups -OCH3 is 2. The van der Waals surface area contributed by atoms with E-state index in [0.717, 1.165) is 75.4 Å².